The van der Waals surface area contributed by atoms with Gasteiger partial charge in [0.1, 0.15) is 0 Å². The molecule has 50 heteroatoms. The molecule has 0 spiro atoms. The Kier molecular flexibility index (Phi) is 162. The van der Waals surface area contributed by atoms with Crippen LogP contribution in [0.5, 0.6) is 0 Å². The van der Waals surface area contributed by atoms with Crippen molar-refractivity contribution >= 4 is 119 Å². The summed E-state index contributed by atoms with van der Waals surface area (Å²) in [6, 6.07) is 0. The van der Waals surface area contributed by atoms with Crippen molar-refractivity contribution in [2.75, 3.05) is 0 Å². The van der Waals surface area contributed by atoms with Crippen LogP contribution in [0.15, 0.2) is 0 Å². The number of hydrogen-bond donors (Lipinski definition) is 36. The van der Waals surface area contributed by atoms with E-state index >= 15 is 0 Å². The number of halogens is 1. The normalized spacial score (nSPS) is 6.48. The minimum atomic E-state index is -2.17. The van der Waals surface area contributed by atoms with E-state index in [4.69, 9.17) is 181 Å². The van der Waals surface area contributed by atoms with Gasteiger partial charge in [0.05, 0.1) is 0 Å². The van der Waals surface area contributed by atoms with Gasteiger partial charge in [0.15, 0.2) is 0 Å². The molecule has 0 heterocycles. The molecule has 0 amide bonds. The zero-order valence-corrected chi connectivity index (χ0v) is 24.3. The van der Waals surface area contributed by atoms with Crippen LogP contribution in [-0.2, 0) is 0 Å². The van der Waals surface area contributed by atoms with E-state index in [2.05, 4.69) is 0 Å². The average Bonchev–Trinajstić information content (AvgIpc) is 2.61. The monoisotopic (exact) mass is 788 g/mol. The molecule has 0 unspecified atom stereocenters. The maximum absolute atomic E-state index is 7.17. The van der Waals surface area contributed by atoms with Gasteiger partial charge in [0, 0.05) is 0 Å². The molecule has 0 aromatic rings. The molecule has 36 nitrogen and oxygen atoms in total. The molecular weight excluding hydrogens is 748 g/mol. The Labute approximate surface area is 300 Å². The SMILES string of the molecule is Cl.OB(O)O.OB(O)O.OB(O)O.OB(O)O.OB(O)O.OB(O)O.OB(O)O.OB(O)O.OB(O)O.OB(O)O.OB(O)O.OB(O)O.[LiH]. The summed E-state index contributed by atoms with van der Waals surface area (Å²) in [6.07, 6.45) is 0. The molecule has 0 atom stereocenters. The molecule has 0 saturated carbocycles. The summed E-state index contributed by atoms with van der Waals surface area (Å²) in [4.78, 5) is 0. The van der Waals surface area contributed by atoms with Crippen molar-refractivity contribution in [1.29, 1.82) is 0 Å². The van der Waals surface area contributed by atoms with Crippen LogP contribution in [0.4, 0.5) is 0 Å². The Morgan fingerprint density at radius 3 is 0.120 bits per heavy atom. The van der Waals surface area contributed by atoms with Crippen molar-refractivity contribution in [2.45, 2.75) is 0 Å². The number of rotatable bonds is 0. The predicted octanol–water partition coefficient (Wildman–Crippen LogP) is -24.8. The summed E-state index contributed by atoms with van der Waals surface area (Å²) in [5, 5.41) is 258. The molecule has 298 valence electrons. The van der Waals surface area contributed by atoms with Crippen LogP contribution in [0, 0.1) is 0 Å². The molecule has 36 N–H and O–H groups in total. The van der Waals surface area contributed by atoms with Crippen molar-refractivity contribution in [3.63, 3.8) is 0 Å². The summed E-state index contributed by atoms with van der Waals surface area (Å²) in [5.41, 5.74) is 0. The van der Waals surface area contributed by atoms with E-state index in [0.717, 1.165) is 0 Å². The second kappa shape index (κ2) is 87.2. The molecule has 0 bridgehead atoms. The van der Waals surface area contributed by atoms with E-state index in [1.165, 1.54) is 0 Å². The fourth-order valence-electron chi connectivity index (χ4n) is 0. The van der Waals surface area contributed by atoms with Gasteiger partial charge in [-0.25, -0.2) is 0 Å². The first-order chi connectivity index (χ1) is 20.8. The van der Waals surface area contributed by atoms with Gasteiger partial charge in [-0.3, -0.25) is 0 Å². The van der Waals surface area contributed by atoms with Crippen LogP contribution >= 0.6 is 12.4 Å². The van der Waals surface area contributed by atoms with Gasteiger partial charge in [-0.2, -0.15) is 0 Å². The van der Waals surface area contributed by atoms with Gasteiger partial charge in [-0.05, 0) is 0 Å². The van der Waals surface area contributed by atoms with E-state index in [1.807, 2.05) is 0 Å². The zero-order chi connectivity index (χ0) is 42.9. The Bertz CT molecular complexity index is 239. The third-order valence-electron chi connectivity index (χ3n) is 0. The van der Waals surface area contributed by atoms with Gasteiger partial charge in [-0.1, -0.05) is 0 Å². The second-order valence-corrected chi connectivity index (χ2v) is 4.16. The molecule has 0 aliphatic rings. The van der Waals surface area contributed by atoms with Crippen LogP contribution in [-0.4, -0.2) is 288 Å². The third kappa shape index (κ3) is 2090000. The Balaban J connectivity index is -0.0000000235. The molecule has 0 aliphatic carbocycles. The van der Waals surface area contributed by atoms with Crippen LogP contribution < -0.4 is 0 Å². The van der Waals surface area contributed by atoms with E-state index in [0.29, 0.717) is 0 Å². The third-order valence-corrected chi connectivity index (χ3v) is 0. The molecule has 0 fully saturated rings. The molecule has 0 rings (SSSR count). The second-order valence-electron chi connectivity index (χ2n) is 4.16. The zero-order valence-electron chi connectivity index (χ0n) is 23.4. The van der Waals surface area contributed by atoms with Crippen molar-refractivity contribution in [3.05, 3.63) is 0 Å². The number of hydrogen-bond acceptors (Lipinski definition) is 36. The van der Waals surface area contributed by atoms with Gasteiger partial charge in [0.2, 0.25) is 0 Å². The van der Waals surface area contributed by atoms with Crippen LogP contribution in [0.25, 0.3) is 0 Å². The fourth-order valence-corrected chi connectivity index (χ4v) is 0. The van der Waals surface area contributed by atoms with E-state index < -0.39 is 87.9 Å². The Hall–Kier alpha value is 0.227. The summed E-state index contributed by atoms with van der Waals surface area (Å²) in [5.74, 6) is 0. The molecule has 0 aliphatic heterocycles. The molecule has 0 aromatic heterocycles. The predicted molar refractivity (Wildman–Crippen MR) is 163 cm³/mol. The first kappa shape index (κ1) is 92.7. The standard InChI is InChI=1S/12BH3O3.ClH.Li.H/c12*2-1(3)4;;;/h12*2-4H;1H;;. The molecular formula is H38B12ClLiO36. The van der Waals surface area contributed by atoms with Gasteiger partial charge < -0.3 is 181 Å². The van der Waals surface area contributed by atoms with Crippen molar-refractivity contribution in [3.8, 4) is 0 Å². The Morgan fingerprint density at radius 2 is 0.120 bits per heavy atom. The van der Waals surface area contributed by atoms with Crippen molar-refractivity contribution < 1.29 is 181 Å². The van der Waals surface area contributed by atoms with Crippen LogP contribution in [0.1, 0.15) is 0 Å². The van der Waals surface area contributed by atoms with Gasteiger partial charge >= 0.3 is 107 Å². The summed E-state index contributed by atoms with van der Waals surface area (Å²) < 4.78 is 0. The fraction of sp³-hybridized carbons (Fsp3) is 0. The van der Waals surface area contributed by atoms with Crippen molar-refractivity contribution in [2.24, 2.45) is 0 Å². The van der Waals surface area contributed by atoms with E-state index in [-0.39, 0.29) is 31.3 Å². The first-order valence-electron chi connectivity index (χ1n) is 9.30. The van der Waals surface area contributed by atoms with Gasteiger partial charge in [-0.15, -0.1) is 12.4 Å². The van der Waals surface area contributed by atoms with E-state index in [9.17, 15) is 0 Å². The topological polar surface area (TPSA) is 728 Å². The molecule has 0 aromatic carbocycles. The maximum atomic E-state index is 7.17. The van der Waals surface area contributed by atoms with Crippen LogP contribution in [0.2, 0.25) is 0 Å². The first-order valence-corrected chi connectivity index (χ1v) is 9.30. The van der Waals surface area contributed by atoms with E-state index in [1.54, 1.807) is 0 Å². The quantitative estimate of drug-likeness (QED) is 0.101. The summed E-state index contributed by atoms with van der Waals surface area (Å²) >= 11 is 0. The summed E-state index contributed by atoms with van der Waals surface area (Å²) in [6.45, 7) is 0. The molecule has 0 saturated heterocycles. The van der Waals surface area contributed by atoms with Gasteiger partial charge in [0.25, 0.3) is 0 Å². The molecule has 0 radical (unpaired) electrons. The van der Waals surface area contributed by atoms with Crippen molar-refractivity contribution in [1.82, 2.24) is 0 Å². The Morgan fingerprint density at radius 1 is 0.120 bits per heavy atom. The average molecular weight is 786 g/mol. The molecule has 50 heavy (non-hydrogen) atoms. The summed E-state index contributed by atoms with van der Waals surface area (Å²) in [7, 11) is -26.0. The minimum absolute atomic E-state index is 0. The van der Waals surface area contributed by atoms with Crippen LogP contribution in [0.3, 0.4) is 0 Å².